The van der Waals surface area contributed by atoms with Crippen molar-refractivity contribution in [2.24, 2.45) is 5.73 Å². The number of allylic oxidation sites excluding steroid dienone is 1. The highest BCUT2D eigenvalue weighted by Gasteiger charge is 2.23. The van der Waals surface area contributed by atoms with E-state index >= 15 is 0 Å². The molecular formula is C18H28BrN3. The van der Waals surface area contributed by atoms with Crippen LogP contribution in [0.25, 0.3) is 0 Å². The van der Waals surface area contributed by atoms with Gasteiger partial charge in [0.2, 0.25) is 0 Å². The first-order valence-corrected chi connectivity index (χ1v) is 8.94. The van der Waals surface area contributed by atoms with Gasteiger partial charge in [0.15, 0.2) is 0 Å². The van der Waals surface area contributed by atoms with Crippen molar-refractivity contribution in [2.75, 3.05) is 32.7 Å². The van der Waals surface area contributed by atoms with Crippen LogP contribution < -0.4 is 5.73 Å². The second-order valence-electron chi connectivity index (χ2n) is 6.32. The van der Waals surface area contributed by atoms with Crippen LogP contribution in [-0.2, 0) is 0 Å². The quantitative estimate of drug-likeness (QED) is 0.867. The third-order valence-corrected chi connectivity index (χ3v) is 5.11. The van der Waals surface area contributed by atoms with Crippen molar-refractivity contribution in [1.29, 1.82) is 0 Å². The Balaban J connectivity index is 2.04. The minimum atomic E-state index is 0.281. The fraction of sp³-hybridized carbons (Fsp3) is 0.556. The predicted octanol–water partition coefficient (Wildman–Crippen LogP) is 3.42. The number of hydrogen-bond acceptors (Lipinski definition) is 3. The first-order valence-electron chi connectivity index (χ1n) is 8.14. The smallest absolute Gasteiger partial charge is 0.0359 e. The number of benzene rings is 1. The summed E-state index contributed by atoms with van der Waals surface area (Å²) < 4.78 is 1.11. The van der Waals surface area contributed by atoms with E-state index < -0.39 is 0 Å². The van der Waals surface area contributed by atoms with Crippen molar-refractivity contribution in [3.8, 4) is 0 Å². The first kappa shape index (κ1) is 17.5. The molecule has 1 fully saturated rings. The monoisotopic (exact) mass is 365 g/mol. The highest BCUT2D eigenvalue weighted by Crippen LogP contribution is 2.25. The van der Waals surface area contributed by atoms with E-state index in [0.29, 0.717) is 6.04 Å². The Morgan fingerprint density at radius 1 is 1.18 bits per heavy atom. The number of hydrogen-bond donors (Lipinski definition) is 1. The second kappa shape index (κ2) is 8.14. The lowest BCUT2D eigenvalue weighted by atomic mass is 9.94. The summed E-state index contributed by atoms with van der Waals surface area (Å²) in [6, 6.07) is 9.19. The number of halogens is 1. The molecule has 1 aliphatic heterocycles. The molecule has 1 aromatic rings. The van der Waals surface area contributed by atoms with Crippen LogP contribution in [0.3, 0.4) is 0 Å². The van der Waals surface area contributed by atoms with Crippen LogP contribution in [0.15, 0.2) is 40.5 Å². The Morgan fingerprint density at radius 3 is 2.27 bits per heavy atom. The van der Waals surface area contributed by atoms with Gasteiger partial charge in [-0.3, -0.25) is 9.80 Å². The molecule has 1 saturated heterocycles. The zero-order chi connectivity index (χ0) is 16.1. The molecule has 0 aromatic heterocycles. The molecule has 4 heteroatoms. The number of nitrogens with two attached hydrogens (primary N) is 1. The number of piperazine rings is 1. The third kappa shape index (κ3) is 4.58. The van der Waals surface area contributed by atoms with Crippen LogP contribution in [0.4, 0.5) is 0 Å². The van der Waals surface area contributed by atoms with Crippen LogP contribution in [-0.4, -0.2) is 48.6 Å². The van der Waals surface area contributed by atoms with E-state index in [-0.39, 0.29) is 5.92 Å². The normalized spacial score (nSPS) is 19.6. The molecular weight excluding hydrogens is 338 g/mol. The third-order valence-electron chi connectivity index (χ3n) is 4.59. The Labute approximate surface area is 143 Å². The van der Waals surface area contributed by atoms with Crippen molar-refractivity contribution in [3.05, 3.63) is 46.1 Å². The maximum Gasteiger partial charge on any atom is 0.0359 e. The molecule has 122 valence electrons. The van der Waals surface area contributed by atoms with Gasteiger partial charge in [-0.05, 0) is 38.5 Å². The zero-order valence-electron chi connectivity index (χ0n) is 13.9. The fourth-order valence-corrected chi connectivity index (χ4v) is 3.28. The molecule has 0 saturated carbocycles. The summed E-state index contributed by atoms with van der Waals surface area (Å²) in [6.07, 6.45) is 2.04. The largest absolute Gasteiger partial charge is 0.402 e. The molecule has 2 N–H and O–H groups in total. The van der Waals surface area contributed by atoms with Gasteiger partial charge in [-0.15, -0.1) is 0 Å². The SMILES string of the molecule is C/C=C(\N)[C@H](CN1CCN(C(C)C)CC1)c1ccc(Br)cc1. The van der Waals surface area contributed by atoms with Crippen molar-refractivity contribution >= 4 is 15.9 Å². The van der Waals surface area contributed by atoms with Crippen molar-refractivity contribution < 1.29 is 0 Å². The Kier molecular flexibility index (Phi) is 6.48. The highest BCUT2D eigenvalue weighted by atomic mass is 79.9. The molecule has 1 heterocycles. The lowest BCUT2D eigenvalue weighted by Crippen LogP contribution is -2.49. The molecule has 1 aliphatic rings. The molecule has 0 aliphatic carbocycles. The molecule has 0 amide bonds. The summed E-state index contributed by atoms with van der Waals surface area (Å²) in [4.78, 5) is 5.09. The zero-order valence-corrected chi connectivity index (χ0v) is 15.5. The predicted molar refractivity (Wildman–Crippen MR) is 98.0 cm³/mol. The summed E-state index contributed by atoms with van der Waals surface area (Å²) in [6.45, 7) is 12.1. The average Bonchev–Trinajstić information content (AvgIpc) is 2.53. The fourth-order valence-electron chi connectivity index (χ4n) is 3.02. The summed E-state index contributed by atoms with van der Waals surface area (Å²) in [7, 11) is 0. The van der Waals surface area contributed by atoms with Gasteiger partial charge in [-0.1, -0.05) is 34.1 Å². The summed E-state index contributed by atoms with van der Waals surface area (Å²) in [5.41, 5.74) is 8.55. The molecule has 2 rings (SSSR count). The van der Waals surface area contributed by atoms with Crippen LogP contribution in [0, 0.1) is 0 Å². The van der Waals surface area contributed by atoms with Gasteiger partial charge < -0.3 is 5.73 Å². The molecule has 0 spiro atoms. The molecule has 3 nitrogen and oxygen atoms in total. The van der Waals surface area contributed by atoms with E-state index in [1.165, 1.54) is 5.56 Å². The summed E-state index contributed by atoms with van der Waals surface area (Å²) in [5.74, 6) is 0.281. The van der Waals surface area contributed by atoms with Gasteiger partial charge in [0.25, 0.3) is 0 Å². The Hall–Kier alpha value is -0.840. The van der Waals surface area contributed by atoms with Crippen LogP contribution >= 0.6 is 15.9 Å². The second-order valence-corrected chi connectivity index (χ2v) is 7.24. The van der Waals surface area contributed by atoms with E-state index in [1.54, 1.807) is 0 Å². The van der Waals surface area contributed by atoms with Crippen molar-refractivity contribution in [1.82, 2.24) is 9.80 Å². The van der Waals surface area contributed by atoms with Crippen LogP contribution in [0.5, 0.6) is 0 Å². The molecule has 0 radical (unpaired) electrons. The van der Waals surface area contributed by atoms with Gasteiger partial charge in [-0.2, -0.15) is 0 Å². The standard InChI is InChI=1S/C18H28BrN3/c1-4-18(20)17(15-5-7-16(19)8-6-15)13-21-9-11-22(12-10-21)14(2)3/h4-8,14,17H,9-13,20H2,1-3H3/b18-4-/t17-/m1/s1. The van der Waals surface area contributed by atoms with Gasteiger partial charge >= 0.3 is 0 Å². The van der Waals surface area contributed by atoms with Crippen LogP contribution in [0.1, 0.15) is 32.3 Å². The van der Waals surface area contributed by atoms with Gasteiger partial charge in [-0.25, -0.2) is 0 Å². The maximum absolute atomic E-state index is 6.29. The van der Waals surface area contributed by atoms with E-state index in [2.05, 4.69) is 63.8 Å². The molecule has 22 heavy (non-hydrogen) atoms. The summed E-state index contributed by atoms with van der Waals surface area (Å²) in [5, 5.41) is 0. The van der Waals surface area contributed by atoms with Gasteiger partial charge in [0, 0.05) is 54.9 Å². The molecule has 1 aromatic carbocycles. The van der Waals surface area contributed by atoms with Crippen molar-refractivity contribution in [3.63, 3.8) is 0 Å². The highest BCUT2D eigenvalue weighted by molar-refractivity contribution is 9.10. The maximum atomic E-state index is 6.29. The Bertz CT molecular complexity index is 488. The molecule has 0 unspecified atom stereocenters. The van der Waals surface area contributed by atoms with E-state index in [1.807, 2.05) is 13.0 Å². The lowest BCUT2D eigenvalue weighted by Gasteiger charge is -2.38. The topological polar surface area (TPSA) is 32.5 Å². The van der Waals surface area contributed by atoms with E-state index in [9.17, 15) is 0 Å². The van der Waals surface area contributed by atoms with Crippen molar-refractivity contribution in [2.45, 2.75) is 32.7 Å². The minimum Gasteiger partial charge on any atom is -0.402 e. The van der Waals surface area contributed by atoms with E-state index in [0.717, 1.165) is 42.9 Å². The first-order chi connectivity index (χ1) is 10.5. The van der Waals surface area contributed by atoms with Gasteiger partial charge in [0.05, 0.1) is 0 Å². The number of nitrogens with zero attached hydrogens (tertiary/aromatic N) is 2. The minimum absolute atomic E-state index is 0.281. The average molecular weight is 366 g/mol. The van der Waals surface area contributed by atoms with Crippen LogP contribution in [0.2, 0.25) is 0 Å². The van der Waals surface area contributed by atoms with E-state index in [4.69, 9.17) is 5.73 Å². The Morgan fingerprint density at radius 2 is 1.77 bits per heavy atom. The lowest BCUT2D eigenvalue weighted by molar-refractivity contribution is 0.106. The molecule has 1 atom stereocenters. The van der Waals surface area contributed by atoms with Gasteiger partial charge in [0.1, 0.15) is 0 Å². The summed E-state index contributed by atoms with van der Waals surface area (Å²) >= 11 is 3.51. The number of rotatable bonds is 5. The molecule has 0 bridgehead atoms.